The van der Waals surface area contributed by atoms with Crippen molar-refractivity contribution in [3.05, 3.63) is 47.3 Å². The lowest BCUT2D eigenvalue weighted by Crippen LogP contribution is -2.49. The maximum absolute atomic E-state index is 12.9. The van der Waals surface area contributed by atoms with Gasteiger partial charge in [0, 0.05) is 43.1 Å². The van der Waals surface area contributed by atoms with Gasteiger partial charge in [0.05, 0.1) is 0 Å². The summed E-state index contributed by atoms with van der Waals surface area (Å²) >= 11 is 0. The third-order valence-corrected chi connectivity index (χ3v) is 4.84. The Morgan fingerprint density at radius 3 is 2.29 bits per heavy atom. The van der Waals surface area contributed by atoms with Crippen molar-refractivity contribution in [3.63, 3.8) is 0 Å². The molecule has 2 aromatic rings. The molecule has 3 rings (SSSR count). The molecule has 0 bridgehead atoms. The van der Waals surface area contributed by atoms with Crippen LogP contribution < -0.4 is 10.6 Å². The highest BCUT2D eigenvalue weighted by molar-refractivity contribution is 5.94. The number of nitrogen functional groups attached to an aromatic ring is 1. The van der Waals surface area contributed by atoms with E-state index in [1.165, 1.54) is 0 Å². The van der Waals surface area contributed by atoms with Crippen molar-refractivity contribution in [3.8, 4) is 0 Å². The van der Waals surface area contributed by atoms with Gasteiger partial charge in [-0.1, -0.05) is 13.8 Å². The van der Waals surface area contributed by atoms with Crippen LogP contribution in [0.4, 0.5) is 11.6 Å². The number of hydrogen-bond donors (Lipinski definition) is 1. The van der Waals surface area contributed by atoms with Gasteiger partial charge in [-0.05, 0) is 49.6 Å². The van der Waals surface area contributed by atoms with Crippen LogP contribution in [-0.4, -0.2) is 52.7 Å². The highest BCUT2D eigenvalue weighted by Crippen LogP contribution is 2.19. The predicted octanol–water partition coefficient (Wildman–Crippen LogP) is 2.42. The van der Waals surface area contributed by atoms with Crippen molar-refractivity contribution in [2.75, 3.05) is 36.8 Å². The Kier molecular flexibility index (Phi) is 5.92. The minimum Gasteiger partial charge on any atom is -0.368 e. The number of nitrogens with zero attached hydrogens (tertiary/aromatic N) is 4. The van der Waals surface area contributed by atoms with Gasteiger partial charge in [0.1, 0.15) is 5.69 Å². The van der Waals surface area contributed by atoms with E-state index in [9.17, 15) is 9.59 Å². The monoisotopic (exact) mass is 381 g/mol. The lowest BCUT2D eigenvalue weighted by atomic mass is 10.1. The van der Waals surface area contributed by atoms with Crippen molar-refractivity contribution in [1.29, 1.82) is 0 Å². The summed E-state index contributed by atoms with van der Waals surface area (Å²) in [6.45, 7) is 8.43. The zero-order chi connectivity index (χ0) is 20.3. The Bertz CT molecular complexity index is 856. The lowest BCUT2D eigenvalue weighted by Gasteiger charge is -2.36. The summed E-state index contributed by atoms with van der Waals surface area (Å²) in [4.78, 5) is 36.7. The van der Waals surface area contributed by atoms with Crippen molar-refractivity contribution in [2.45, 2.75) is 27.2 Å². The highest BCUT2D eigenvalue weighted by atomic mass is 16.2. The first-order valence-corrected chi connectivity index (χ1v) is 9.62. The smallest absolute Gasteiger partial charge is 0.272 e. The summed E-state index contributed by atoms with van der Waals surface area (Å²) in [5, 5.41) is 0. The molecule has 7 heteroatoms. The summed E-state index contributed by atoms with van der Waals surface area (Å²) in [7, 11) is 0. The van der Waals surface area contributed by atoms with Gasteiger partial charge < -0.3 is 15.5 Å². The highest BCUT2D eigenvalue weighted by Gasteiger charge is 2.24. The van der Waals surface area contributed by atoms with Gasteiger partial charge in [-0.15, -0.1) is 0 Å². The van der Waals surface area contributed by atoms with Crippen LogP contribution in [0.3, 0.4) is 0 Å². The SMILES string of the molecule is CC(=O)c1ccc(N2CCN(C(=O)c3cc(CC(C)C)nc(N)n3)CC2)cc1. The summed E-state index contributed by atoms with van der Waals surface area (Å²) in [6.07, 6.45) is 0.761. The number of amides is 1. The first kappa shape index (κ1) is 19.8. The van der Waals surface area contributed by atoms with E-state index in [-0.39, 0.29) is 17.6 Å². The van der Waals surface area contributed by atoms with Gasteiger partial charge in [-0.3, -0.25) is 9.59 Å². The number of ketones is 1. The maximum Gasteiger partial charge on any atom is 0.272 e. The fraction of sp³-hybridized carbons (Fsp3) is 0.429. The van der Waals surface area contributed by atoms with E-state index in [0.717, 1.165) is 30.9 Å². The molecule has 0 aliphatic carbocycles. The number of carbonyl (C=O) groups is 2. The number of anilines is 2. The van der Waals surface area contributed by atoms with E-state index in [2.05, 4.69) is 28.7 Å². The second-order valence-electron chi connectivity index (χ2n) is 7.58. The quantitative estimate of drug-likeness (QED) is 0.800. The van der Waals surface area contributed by atoms with Crippen LogP contribution in [0.5, 0.6) is 0 Å². The maximum atomic E-state index is 12.9. The molecular formula is C21H27N5O2. The molecule has 148 valence electrons. The van der Waals surface area contributed by atoms with Gasteiger partial charge in [-0.2, -0.15) is 0 Å². The second kappa shape index (κ2) is 8.37. The predicted molar refractivity (Wildman–Crippen MR) is 110 cm³/mol. The minimum atomic E-state index is -0.106. The van der Waals surface area contributed by atoms with E-state index >= 15 is 0 Å². The fourth-order valence-corrected chi connectivity index (χ4v) is 3.39. The second-order valence-corrected chi connectivity index (χ2v) is 7.58. The first-order chi connectivity index (χ1) is 13.3. The zero-order valence-corrected chi connectivity index (χ0v) is 16.7. The van der Waals surface area contributed by atoms with Gasteiger partial charge in [0.15, 0.2) is 5.78 Å². The fourth-order valence-electron chi connectivity index (χ4n) is 3.39. The van der Waals surface area contributed by atoms with Crippen molar-refractivity contribution in [2.24, 2.45) is 5.92 Å². The number of hydrogen-bond acceptors (Lipinski definition) is 6. The number of nitrogens with two attached hydrogens (primary N) is 1. The molecule has 1 aliphatic rings. The van der Waals surface area contributed by atoms with Crippen LogP contribution in [-0.2, 0) is 6.42 Å². The van der Waals surface area contributed by atoms with Crippen LogP contribution >= 0.6 is 0 Å². The number of rotatable bonds is 5. The molecule has 2 heterocycles. The lowest BCUT2D eigenvalue weighted by molar-refractivity contribution is 0.0740. The largest absolute Gasteiger partial charge is 0.368 e. The van der Waals surface area contributed by atoms with E-state index < -0.39 is 0 Å². The van der Waals surface area contributed by atoms with Crippen molar-refractivity contribution >= 4 is 23.3 Å². The Labute approximate surface area is 165 Å². The van der Waals surface area contributed by atoms with Crippen molar-refractivity contribution < 1.29 is 9.59 Å². The Balaban J connectivity index is 1.65. The Morgan fingerprint density at radius 1 is 1.07 bits per heavy atom. The van der Waals surface area contributed by atoms with Crippen LogP contribution in [0, 0.1) is 5.92 Å². The van der Waals surface area contributed by atoms with Crippen LogP contribution in [0.15, 0.2) is 30.3 Å². The third kappa shape index (κ3) is 4.65. The number of piperazine rings is 1. The van der Waals surface area contributed by atoms with Gasteiger partial charge in [-0.25, -0.2) is 9.97 Å². The summed E-state index contributed by atoms with van der Waals surface area (Å²) in [5.41, 5.74) is 8.74. The molecule has 28 heavy (non-hydrogen) atoms. The number of benzene rings is 1. The van der Waals surface area contributed by atoms with E-state index in [1.807, 2.05) is 24.3 Å². The third-order valence-electron chi connectivity index (χ3n) is 4.84. The molecule has 1 saturated heterocycles. The Morgan fingerprint density at radius 2 is 1.71 bits per heavy atom. The van der Waals surface area contributed by atoms with Gasteiger partial charge in [0.25, 0.3) is 5.91 Å². The zero-order valence-electron chi connectivity index (χ0n) is 16.7. The molecular weight excluding hydrogens is 354 g/mol. The molecule has 1 aromatic heterocycles. The average Bonchev–Trinajstić information content (AvgIpc) is 2.66. The summed E-state index contributed by atoms with van der Waals surface area (Å²) in [6, 6.07) is 9.35. The molecule has 0 unspecified atom stereocenters. The number of Topliss-reactive ketones (excluding diaryl/α,β-unsaturated/α-hetero) is 1. The normalized spacial score (nSPS) is 14.4. The topological polar surface area (TPSA) is 92.4 Å². The van der Waals surface area contributed by atoms with Gasteiger partial charge in [0.2, 0.25) is 5.95 Å². The molecule has 2 N–H and O–H groups in total. The summed E-state index contributed by atoms with van der Waals surface area (Å²) < 4.78 is 0. The number of carbonyl (C=O) groups excluding carboxylic acids is 2. The molecule has 7 nitrogen and oxygen atoms in total. The average molecular weight is 381 g/mol. The van der Waals surface area contributed by atoms with Gasteiger partial charge >= 0.3 is 0 Å². The van der Waals surface area contributed by atoms with E-state index in [0.29, 0.717) is 30.3 Å². The summed E-state index contributed by atoms with van der Waals surface area (Å²) in [5.74, 6) is 0.523. The standard InChI is InChI=1S/C21H27N5O2/c1-14(2)12-17-13-19(24-21(22)23-17)20(28)26-10-8-25(9-11-26)18-6-4-16(5-7-18)15(3)27/h4-7,13-14H,8-12H2,1-3H3,(H2,22,23,24). The molecule has 0 spiro atoms. The number of aromatic nitrogens is 2. The first-order valence-electron chi connectivity index (χ1n) is 9.62. The molecule has 1 aliphatic heterocycles. The van der Waals surface area contributed by atoms with E-state index in [4.69, 9.17) is 5.73 Å². The molecule has 1 aromatic carbocycles. The van der Waals surface area contributed by atoms with Crippen LogP contribution in [0.1, 0.15) is 47.3 Å². The van der Waals surface area contributed by atoms with Crippen LogP contribution in [0.2, 0.25) is 0 Å². The molecule has 1 fully saturated rings. The van der Waals surface area contributed by atoms with Crippen LogP contribution in [0.25, 0.3) is 0 Å². The van der Waals surface area contributed by atoms with E-state index in [1.54, 1.807) is 17.9 Å². The molecule has 0 radical (unpaired) electrons. The molecule has 0 saturated carbocycles. The molecule has 0 atom stereocenters. The van der Waals surface area contributed by atoms with Crippen molar-refractivity contribution in [1.82, 2.24) is 14.9 Å². The Hall–Kier alpha value is -2.96. The minimum absolute atomic E-state index is 0.0583. The molecule has 1 amide bonds.